The zero-order valence-electron chi connectivity index (χ0n) is 24.9. The van der Waals surface area contributed by atoms with Gasteiger partial charge in [-0.25, -0.2) is 9.59 Å². The lowest BCUT2D eigenvalue weighted by atomic mass is 9.87. The number of carboxylic acid groups (broad SMARTS) is 1. The fraction of sp³-hybridized carbons (Fsp3) is 0.655. The Morgan fingerprint density at radius 3 is 1.90 bits per heavy atom. The standard InChI is InChI=1S/C29H45NO10/c1-9-10-11-23(31)38-18(2)14-20(24(30)25(32)33)19-12-13-21(39-26(34)36-16-28(3,4)5)22(15-19)40-27(35)37-17-29(6,7)8/h12-13,15,18,20,24H,9-11,14,16-17,30H2,1-8H3,(H,32,33)/t18?,20?,24-/m0/s1. The quantitative estimate of drug-likeness (QED) is 0.168. The van der Waals surface area contributed by atoms with E-state index < -0.39 is 36.3 Å². The van der Waals surface area contributed by atoms with E-state index in [0.29, 0.717) is 12.0 Å². The van der Waals surface area contributed by atoms with Crippen LogP contribution in [0, 0.1) is 10.8 Å². The molecule has 0 aromatic heterocycles. The van der Waals surface area contributed by atoms with Gasteiger partial charge < -0.3 is 34.5 Å². The molecule has 40 heavy (non-hydrogen) atoms. The van der Waals surface area contributed by atoms with Gasteiger partial charge in [0.05, 0.1) is 19.3 Å². The third-order valence-electron chi connectivity index (χ3n) is 5.40. The normalized spacial score (nSPS) is 13.9. The zero-order chi connectivity index (χ0) is 30.7. The summed E-state index contributed by atoms with van der Waals surface area (Å²) in [5, 5.41) is 9.66. The molecule has 226 valence electrons. The summed E-state index contributed by atoms with van der Waals surface area (Å²) in [7, 11) is 0. The number of unbranched alkanes of at least 4 members (excludes halogenated alkanes) is 1. The first-order valence-electron chi connectivity index (χ1n) is 13.4. The molecule has 0 radical (unpaired) electrons. The van der Waals surface area contributed by atoms with Crippen molar-refractivity contribution in [1.82, 2.24) is 0 Å². The monoisotopic (exact) mass is 567 g/mol. The Kier molecular flexibility index (Phi) is 13.4. The Bertz CT molecular complexity index is 1010. The van der Waals surface area contributed by atoms with Gasteiger partial charge in [-0.05, 0) is 48.3 Å². The van der Waals surface area contributed by atoms with Gasteiger partial charge in [-0.15, -0.1) is 0 Å². The first kappa shape index (κ1) is 34.7. The largest absolute Gasteiger partial charge is 0.513 e. The predicted octanol–water partition coefficient (Wildman–Crippen LogP) is 5.82. The van der Waals surface area contributed by atoms with E-state index in [1.807, 2.05) is 48.5 Å². The third-order valence-corrected chi connectivity index (χ3v) is 5.40. The van der Waals surface area contributed by atoms with Gasteiger partial charge in [0.1, 0.15) is 6.04 Å². The molecule has 3 atom stereocenters. The van der Waals surface area contributed by atoms with Crippen LogP contribution in [0.4, 0.5) is 9.59 Å². The molecule has 0 aliphatic heterocycles. The summed E-state index contributed by atoms with van der Waals surface area (Å²) < 4.78 is 26.4. The molecule has 1 aromatic rings. The average molecular weight is 568 g/mol. The maximum absolute atomic E-state index is 12.5. The van der Waals surface area contributed by atoms with Crippen molar-refractivity contribution in [3.8, 4) is 11.5 Å². The molecule has 0 aliphatic rings. The molecule has 0 fully saturated rings. The van der Waals surface area contributed by atoms with Crippen molar-refractivity contribution in [3.63, 3.8) is 0 Å². The Morgan fingerprint density at radius 2 is 1.43 bits per heavy atom. The van der Waals surface area contributed by atoms with E-state index in [2.05, 4.69) is 0 Å². The van der Waals surface area contributed by atoms with Crippen molar-refractivity contribution in [2.45, 2.75) is 99.1 Å². The number of carboxylic acids is 1. The van der Waals surface area contributed by atoms with Crippen LogP contribution in [0.15, 0.2) is 18.2 Å². The topological polar surface area (TPSA) is 161 Å². The number of hydrogen-bond donors (Lipinski definition) is 2. The van der Waals surface area contributed by atoms with Crippen molar-refractivity contribution in [3.05, 3.63) is 23.8 Å². The molecule has 0 aliphatic carbocycles. The Balaban J connectivity index is 3.31. The van der Waals surface area contributed by atoms with E-state index in [0.717, 1.165) is 6.42 Å². The van der Waals surface area contributed by atoms with Gasteiger partial charge in [0.25, 0.3) is 0 Å². The van der Waals surface area contributed by atoms with Crippen molar-refractivity contribution in [2.75, 3.05) is 13.2 Å². The first-order chi connectivity index (χ1) is 18.4. The SMILES string of the molecule is CCCCC(=O)OC(C)CC(c1ccc(OC(=O)OCC(C)(C)C)c(OC(=O)OCC(C)(C)C)c1)[C@H](N)C(=O)O. The van der Waals surface area contributed by atoms with E-state index in [-0.39, 0.29) is 54.4 Å². The number of benzene rings is 1. The minimum Gasteiger partial charge on any atom is -0.480 e. The van der Waals surface area contributed by atoms with Crippen LogP contribution in [0.2, 0.25) is 0 Å². The molecule has 0 heterocycles. The third kappa shape index (κ3) is 13.6. The molecule has 0 saturated carbocycles. The van der Waals surface area contributed by atoms with Crippen molar-refractivity contribution >= 4 is 24.2 Å². The van der Waals surface area contributed by atoms with Crippen LogP contribution < -0.4 is 15.2 Å². The lowest BCUT2D eigenvalue weighted by Crippen LogP contribution is -2.38. The molecule has 0 amide bonds. The van der Waals surface area contributed by atoms with Gasteiger partial charge in [0.15, 0.2) is 11.5 Å². The maximum Gasteiger partial charge on any atom is 0.513 e. The van der Waals surface area contributed by atoms with Gasteiger partial charge in [-0.1, -0.05) is 61.0 Å². The zero-order valence-corrected chi connectivity index (χ0v) is 24.9. The maximum atomic E-state index is 12.5. The summed E-state index contributed by atoms with van der Waals surface area (Å²) >= 11 is 0. The summed E-state index contributed by atoms with van der Waals surface area (Å²) in [5.41, 5.74) is 5.74. The molecule has 1 rings (SSSR count). The van der Waals surface area contributed by atoms with Gasteiger partial charge in [0.2, 0.25) is 0 Å². The van der Waals surface area contributed by atoms with Crippen LogP contribution in [0.5, 0.6) is 11.5 Å². The van der Waals surface area contributed by atoms with Gasteiger partial charge in [-0.3, -0.25) is 9.59 Å². The number of rotatable bonds is 13. The van der Waals surface area contributed by atoms with Crippen molar-refractivity contribution in [1.29, 1.82) is 0 Å². The second-order valence-corrected chi connectivity index (χ2v) is 12.2. The molecule has 11 heteroatoms. The van der Waals surface area contributed by atoms with E-state index in [1.165, 1.54) is 18.2 Å². The molecule has 3 N–H and O–H groups in total. The van der Waals surface area contributed by atoms with Gasteiger partial charge in [-0.2, -0.15) is 0 Å². The van der Waals surface area contributed by atoms with Crippen molar-refractivity contribution in [2.24, 2.45) is 16.6 Å². The predicted molar refractivity (Wildman–Crippen MR) is 147 cm³/mol. The summed E-state index contributed by atoms with van der Waals surface area (Å²) in [4.78, 5) is 48.7. The minimum atomic E-state index is -1.37. The number of esters is 1. The highest BCUT2D eigenvalue weighted by molar-refractivity contribution is 5.75. The van der Waals surface area contributed by atoms with Crippen LogP contribution >= 0.6 is 0 Å². The highest BCUT2D eigenvalue weighted by Crippen LogP contribution is 2.35. The molecule has 11 nitrogen and oxygen atoms in total. The molecule has 2 unspecified atom stereocenters. The van der Waals surface area contributed by atoms with Crippen molar-refractivity contribution < 1.29 is 48.0 Å². The van der Waals surface area contributed by atoms with Gasteiger partial charge in [0, 0.05) is 12.3 Å². The molecule has 0 spiro atoms. The highest BCUT2D eigenvalue weighted by Gasteiger charge is 2.30. The molecule has 0 saturated heterocycles. The summed E-state index contributed by atoms with van der Waals surface area (Å²) in [6.45, 7) is 15.0. The Hall–Kier alpha value is -3.34. The minimum absolute atomic E-state index is 0.0583. The Morgan fingerprint density at radius 1 is 0.900 bits per heavy atom. The van der Waals surface area contributed by atoms with E-state index in [1.54, 1.807) is 6.92 Å². The van der Waals surface area contributed by atoms with E-state index >= 15 is 0 Å². The summed E-state index contributed by atoms with van der Waals surface area (Å²) in [5.74, 6) is -2.84. The van der Waals surface area contributed by atoms with E-state index in [9.17, 15) is 24.3 Å². The smallest absolute Gasteiger partial charge is 0.480 e. The number of hydrogen-bond acceptors (Lipinski definition) is 10. The number of nitrogens with two attached hydrogens (primary N) is 1. The summed E-state index contributed by atoms with van der Waals surface area (Å²) in [6.07, 6.45) is -0.872. The molecule has 0 bridgehead atoms. The average Bonchev–Trinajstić information content (AvgIpc) is 2.83. The fourth-order valence-electron chi connectivity index (χ4n) is 3.38. The van der Waals surface area contributed by atoms with Crippen LogP contribution in [-0.2, 0) is 23.8 Å². The van der Waals surface area contributed by atoms with Crippen LogP contribution in [-0.4, -0.2) is 54.7 Å². The second kappa shape index (κ2) is 15.4. The highest BCUT2D eigenvalue weighted by atomic mass is 16.7. The first-order valence-corrected chi connectivity index (χ1v) is 13.4. The van der Waals surface area contributed by atoms with Crippen LogP contribution in [0.1, 0.15) is 92.6 Å². The molecular formula is C29H45NO10. The van der Waals surface area contributed by atoms with Gasteiger partial charge >= 0.3 is 24.2 Å². The Labute approximate surface area is 236 Å². The van der Waals surface area contributed by atoms with E-state index in [4.69, 9.17) is 29.4 Å². The van der Waals surface area contributed by atoms with Crippen LogP contribution in [0.25, 0.3) is 0 Å². The number of carbonyl (C=O) groups excluding carboxylic acids is 3. The second-order valence-electron chi connectivity index (χ2n) is 12.2. The number of aliphatic carboxylic acids is 1. The lowest BCUT2D eigenvalue weighted by molar-refractivity contribution is -0.149. The molecule has 1 aromatic carbocycles. The summed E-state index contributed by atoms with van der Waals surface area (Å²) in [6, 6.07) is 2.82. The number of ether oxygens (including phenoxy) is 5. The molecular weight excluding hydrogens is 522 g/mol. The fourth-order valence-corrected chi connectivity index (χ4v) is 3.38. The van der Waals surface area contributed by atoms with Crippen LogP contribution in [0.3, 0.4) is 0 Å². The lowest BCUT2D eigenvalue weighted by Gasteiger charge is -2.25. The number of carbonyl (C=O) groups is 4.